The molecule has 5 nitrogen and oxygen atoms in total. The van der Waals surface area contributed by atoms with Crippen molar-refractivity contribution >= 4 is 12.0 Å². The van der Waals surface area contributed by atoms with Gasteiger partial charge in [-0.2, -0.15) is 0 Å². The van der Waals surface area contributed by atoms with E-state index in [0.717, 1.165) is 0 Å². The van der Waals surface area contributed by atoms with E-state index in [1.54, 1.807) is 23.9 Å². The predicted molar refractivity (Wildman–Crippen MR) is 67.0 cm³/mol. The summed E-state index contributed by atoms with van der Waals surface area (Å²) in [6.45, 7) is 6.62. The van der Waals surface area contributed by atoms with Crippen LogP contribution in [0.15, 0.2) is 0 Å². The van der Waals surface area contributed by atoms with Gasteiger partial charge in [-0.3, -0.25) is 4.79 Å². The lowest BCUT2D eigenvalue weighted by Crippen LogP contribution is -2.45. The second-order valence-electron chi connectivity index (χ2n) is 4.80. The Morgan fingerprint density at radius 3 is 2.12 bits per heavy atom. The number of carbonyl (C=O) groups is 2. The number of aliphatic carboxylic acids is 1. The Hall–Kier alpha value is -1.26. The van der Waals surface area contributed by atoms with Gasteiger partial charge in [0.1, 0.15) is 0 Å². The van der Waals surface area contributed by atoms with E-state index in [-0.39, 0.29) is 18.5 Å². The quantitative estimate of drug-likeness (QED) is 0.776. The van der Waals surface area contributed by atoms with E-state index in [0.29, 0.717) is 18.9 Å². The second kappa shape index (κ2) is 7.14. The van der Waals surface area contributed by atoms with Crippen LogP contribution in [0.1, 0.15) is 33.6 Å². The van der Waals surface area contributed by atoms with Gasteiger partial charge in [0.25, 0.3) is 0 Å². The predicted octanol–water partition coefficient (Wildman–Crippen LogP) is 1.88. The molecule has 1 N–H and O–H groups in total. The SMILES string of the molecule is CC(C)C(C)N(C)C(=O)N(C)CCCC(=O)O. The Morgan fingerprint density at radius 2 is 1.71 bits per heavy atom. The van der Waals surface area contributed by atoms with Gasteiger partial charge in [0.2, 0.25) is 0 Å². The van der Waals surface area contributed by atoms with Gasteiger partial charge in [-0.05, 0) is 19.3 Å². The lowest BCUT2D eigenvalue weighted by atomic mass is 10.1. The van der Waals surface area contributed by atoms with Crippen LogP contribution in [0.25, 0.3) is 0 Å². The van der Waals surface area contributed by atoms with Gasteiger partial charge in [-0.1, -0.05) is 13.8 Å². The molecule has 0 rings (SSSR count). The summed E-state index contributed by atoms with van der Waals surface area (Å²) in [5, 5.41) is 8.52. The molecule has 17 heavy (non-hydrogen) atoms. The van der Waals surface area contributed by atoms with Crippen LogP contribution < -0.4 is 0 Å². The molecule has 0 aromatic heterocycles. The van der Waals surface area contributed by atoms with Gasteiger partial charge >= 0.3 is 12.0 Å². The molecule has 0 fully saturated rings. The van der Waals surface area contributed by atoms with Crippen LogP contribution in [-0.4, -0.2) is 53.6 Å². The number of hydrogen-bond acceptors (Lipinski definition) is 2. The molecule has 2 amide bonds. The van der Waals surface area contributed by atoms with Crippen molar-refractivity contribution in [2.45, 2.75) is 39.7 Å². The molecule has 0 saturated heterocycles. The third kappa shape index (κ3) is 5.56. The Balaban J connectivity index is 4.16. The fourth-order valence-corrected chi connectivity index (χ4v) is 1.45. The summed E-state index contributed by atoms with van der Waals surface area (Å²) in [6.07, 6.45) is 0.586. The number of carbonyl (C=O) groups excluding carboxylic acids is 1. The van der Waals surface area contributed by atoms with Gasteiger partial charge in [0.15, 0.2) is 0 Å². The Labute approximate surface area is 103 Å². The summed E-state index contributed by atoms with van der Waals surface area (Å²) in [5.74, 6) is -0.425. The number of amides is 2. The zero-order valence-electron chi connectivity index (χ0n) is 11.4. The van der Waals surface area contributed by atoms with E-state index in [4.69, 9.17) is 5.11 Å². The summed E-state index contributed by atoms with van der Waals surface area (Å²) in [4.78, 5) is 25.6. The molecule has 0 radical (unpaired) electrons. The van der Waals surface area contributed by atoms with Crippen molar-refractivity contribution in [3.63, 3.8) is 0 Å². The molecule has 0 bridgehead atoms. The first kappa shape index (κ1) is 15.7. The number of carboxylic acids is 1. The van der Waals surface area contributed by atoms with Crippen LogP contribution >= 0.6 is 0 Å². The first-order chi connectivity index (χ1) is 7.77. The summed E-state index contributed by atoms with van der Waals surface area (Å²) in [6, 6.07) is 0.112. The van der Waals surface area contributed by atoms with E-state index >= 15 is 0 Å². The van der Waals surface area contributed by atoms with Crippen LogP contribution in [0, 0.1) is 5.92 Å². The topological polar surface area (TPSA) is 60.9 Å². The lowest BCUT2D eigenvalue weighted by molar-refractivity contribution is -0.137. The maximum Gasteiger partial charge on any atom is 0.319 e. The zero-order chi connectivity index (χ0) is 13.6. The van der Waals surface area contributed by atoms with Crippen molar-refractivity contribution in [2.75, 3.05) is 20.6 Å². The molecule has 0 saturated carbocycles. The maximum atomic E-state index is 12.0. The third-order valence-electron chi connectivity index (χ3n) is 3.09. The minimum atomic E-state index is -0.824. The highest BCUT2D eigenvalue weighted by Gasteiger charge is 2.21. The average molecular weight is 244 g/mol. The van der Waals surface area contributed by atoms with Crippen molar-refractivity contribution in [1.29, 1.82) is 0 Å². The van der Waals surface area contributed by atoms with E-state index in [9.17, 15) is 9.59 Å². The second-order valence-corrected chi connectivity index (χ2v) is 4.80. The van der Waals surface area contributed by atoms with E-state index in [2.05, 4.69) is 13.8 Å². The van der Waals surface area contributed by atoms with E-state index < -0.39 is 5.97 Å². The van der Waals surface area contributed by atoms with Crippen LogP contribution in [0.4, 0.5) is 4.79 Å². The van der Waals surface area contributed by atoms with Crippen molar-refractivity contribution in [3.8, 4) is 0 Å². The molecule has 0 aliphatic carbocycles. The maximum absolute atomic E-state index is 12.0. The normalized spacial score (nSPS) is 12.4. The van der Waals surface area contributed by atoms with Crippen molar-refractivity contribution in [1.82, 2.24) is 9.80 Å². The van der Waals surface area contributed by atoms with E-state index in [1.807, 2.05) is 6.92 Å². The first-order valence-electron chi connectivity index (χ1n) is 5.97. The van der Waals surface area contributed by atoms with Crippen LogP contribution in [0.3, 0.4) is 0 Å². The number of carboxylic acid groups (broad SMARTS) is 1. The van der Waals surface area contributed by atoms with Crippen molar-refractivity contribution in [2.24, 2.45) is 5.92 Å². The van der Waals surface area contributed by atoms with E-state index in [1.165, 1.54) is 0 Å². The highest BCUT2D eigenvalue weighted by Crippen LogP contribution is 2.10. The highest BCUT2D eigenvalue weighted by molar-refractivity contribution is 5.74. The van der Waals surface area contributed by atoms with Crippen LogP contribution in [0.2, 0.25) is 0 Å². The molecule has 0 spiro atoms. The summed E-state index contributed by atoms with van der Waals surface area (Å²) in [5.41, 5.74) is 0. The highest BCUT2D eigenvalue weighted by atomic mass is 16.4. The van der Waals surface area contributed by atoms with Gasteiger partial charge in [-0.15, -0.1) is 0 Å². The number of rotatable bonds is 6. The van der Waals surface area contributed by atoms with Crippen molar-refractivity contribution in [3.05, 3.63) is 0 Å². The Bertz CT molecular complexity index is 266. The molecule has 100 valence electrons. The molecule has 5 heteroatoms. The largest absolute Gasteiger partial charge is 0.481 e. The number of nitrogens with zero attached hydrogens (tertiary/aromatic N) is 2. The number of hydrogen-bond donors (Lipinski definition) is 1. The third-order valence-corrected chi connectivity index (χ3v) is 3.09. The fourth-order valence-electron chi connectivity index (χ4n) is 1.45. The van der Waals surface area contributed by atoms with Gasteiger partial charge in [0, 0.05) is 33.1 Å². The average Bonchev–Trinajstić information content (AvgIpc) is 2.25. The minimum Gasteiger partial charge on any atom is -0.481 e. The summed E-state index contributed by atoms with van der Waals surface area (Å²) >= 11 is 0. The molecule has 0 aromatic rings. The molecule has 0 aliphatic heterocycles. The monoisotopic (exact) mass is 244 g/mol. The molecule has 1 atom stereocenters. The standard InChI is InChI=1S/C12H24N2O3/c1-9(2)10(3)14(5)12(17)13(4)8-6-7-11(15)16/h9-10H,6-8H2,1-5H3,(H,15,16). The van der Waals surface area contributed by atoms with Gasteiger partial charge in [0.05, 0.1) is 0 Å². The minimum absolute atomic E-state index is 0.0587. The van der Waals surface area contributed by atoms with Crippen LogP contribution in [0.5, 0.6) is 0 Å². The summed E-state index contributed by atoms with van der Waals surface area (Å²) < 4.78 is 0. The zero-order valence-corrected chi connectivity index (χ0v) is 11.4. The molecule has 0 aromatic carbocycles. The Morgan fingerprint density at radius 1 is 1.18 bits per heavy atom. The summed E-state index contributed by atoms with van der Waals surface area (Å²) in [7, 11) is 3.48. The van der Waals surface area contributed by atoms with Gasteiger partial charge < -0.3 is 14.9 Å². The van der Waals surface area contributed by atoms with Crippen molar-refractivity contribution < 1.29 is 14.7 Å². The first-order valence-corrected chi connectivity index (χ1v) is 5.97. The van der Waals surface area contributed by atoms with Gasteiger partial charge in [-0.25, -0.2) is 4.79 Å². The molecule has 0 aliphatic rings. The lowest BCUT2D eigenvalue weighted by Gasteiger charge is -2.31. The Kier molecular flexibility index (Phi) is 6.61. The number of urea groups is 1. The molecular formula is C12H24N2O3. The molecule has 0 heterocycles. The van der Waals surface area contributed by atoms with Crippen LogP contribution in [-0.2, 0) is 4.79 Å². The fraction of sp³-hybridized carbons (Fsp3) is 0.833. The molecular weight excluding hydrogens is 220 g/mol. The smallest absolute Gasteiger partial charge is 0.319 e. The molecule has 1 unspecified atom stereocenters.